The Kier molecular flexibility index (Phi) is 2.65. The predicted octanol–water partition coefficient (Wildman–Crippen LogP) is 3.24. The molecule has 1 aliphatic carbocycles. The first-order chi connectivity index (χ1) is 8.01. The maximum atomic E-state index is 11.0. The van der Waals surface area contributed by atoms with E-state index in [1.165, 1.54) is 17.8 Å². The van der Waals surface area contributed by atoms with Gasteiger partial charge >= 0.3 is 0 Å². The van der Waals surface area contributed by atoms with E-state index >= 15 is 0 Å². The molecule has 0 unspecified atom stereocenters. The fraction of sp³-hybridized carbons (Fsp3) is 0.364. The fourth-order valence-electron chi connectivity index (χ4n) is 1.78. The van der Waals surface area contributed by atoms with Crippen molar-refractivity contribution in [1.29, 1.82) is 0 Å². The van der Waals surface area contributed by atoms with Crippen LogP contribution < -0.4 is 0 Å². The predicted molar refractivity (Wildman–Crippen MR) is 70.1 cm³/mol. The summed E-state index contributed by atoms with van der Waals surface area (Å²) >= 11 is 1.66. The number of fused-ring (bicyclic) bond motifs is 1. The van der Waals surface area contributed by atoms with Crippen LogP contribution in [0.25, 0.3) is 10.2 Å². The monoisotopic (exact) mass is 287 g/mol. The molecule has 6 heteroatoms. The SMILES string of the molecule is O=S(=O)(Cl)Cc1ccc2nc(C3CC3)sc2c1. The van der Waals surface area contributed by atoms with Crippen LogP contribution in [0.2, 0.25) is 0 Å². The minimum absolute atomic E-state index is 0.124. The van der Waals surface area contributed by atoms with Crippen molar-refractivity contribution >= 4 is 41.3 Å². The third-order valence-corrected chi connectivity index (χ3v) is 4.92. The van der Waals surface area contributed by atoms with Crippen molar-refractivity contribution in [3.8, 4) is 0 Å². The summed E-state index contributed by atoms with van der Waals surface area (Å²) in [6, 6.07) is 5.52. The van der Waals surface area contributed by atoms with E-state index in [0.717, 1.165) is 15.8 Å². The number of thiazole rings is 1. The van der Waals surface area contributed by atoms with Crippen molar-refractivity contribution in [1.82, 2.24) is 4.98 Å². The van der Waals surface area contributed by atoms with Gasteiger partial charge in [0.25, 0.3) is 0 Å². The van der Waals surface area contributed by atoms with Crippen LogP contribution in [0, 0.1) is 0 Å². The average Bonchev–Trinajstić information content (AvgIpc) is 2.96. The Bertz CT molecular complexity index is 674. The summed E-state index contributed by atoms with van der Waals surface area (Å²) in [5, 5.41) is 1.17. The third-order valence-electron chi connectivity index (χ3n) is 2.74. The fourth-order valence-corrected chi connectivity index (χ4v) is 3.94. The highest BCUT2D eigenvalue weighted by Gasteiger charge is 2.27. The molecular formula is C11H10ClNO2S2. The first-order valence-electron chi connectivity index (χ1n) is 5.33. The molecule has 1 heterocycles. The highest BCUT2D eigenvalue weighted by molar-refractivity contribution is 8.13. The van der Waals surface area contributed by atoms with Crippen LogP contribution in [0.5, 0.6) is 0 Å². The zero-order valence-corrected chi connectivity index (χ0v) is 11.3. The second-order valence-electron chi connectivity index (χ2n) is 4.31. The minimum atomic E-state index is -3.49. The molecule has 3 rings (SSSR count). The summed E-state index contributed by atoms with van der Waals surface area (Å²) in [4.78, 5) is 4.55. The molecule has 90 valence electrons. The van der Waals surface area contributed by atoms with Crippen molar-refractivity contribution < 1.29 is 8.42 Å². The van der Waals surface area contributed by atoms with E-state index in [1.54, 1.807) is 17.4 Å². The summed E-state index contributed by atoms with van der Waals surface area (Å²) in [5.41, 5.74) is 1.67. The first-order valence-corrected chi connectivity index (χ1v) is 8.62. The van der Waals surface area contributed by atoms with E-state index in [2.05, 4.69) is 4.98 Å². The second kappa shape index (κ2) is 3.93. The largest absolute Gasteiger partial charge is 0.241 e. The van der Waals surface area contributed by atoms with Crippen LogP contribution in [0.3, 0.4) is 0 Å². The van der Waals surface area contributed by atoms with E-state index in [4.69, 9.17) is 10.7 Å². The van der Waals surface area contributed by atoms with Crippen molar-refractivity contribution in [2.75, 3.05) is 0 Å². The highest BCUT2D eigenvalue weighted by atomic mass is 35.7. The molecule has 3 nitrogen and oxygen atoms in total. The number of hydrogen-bond acceptors (Lipinski definition) is 4. The van der Waals surface area contributed by atoms with Gasteiger partial charge in [-0.15, -0.1) is 11.3 Å². The van der Waals surface area contributed by atoms with Gasteiger partial charge in [0.1, 0.15) is 0 Å². The Morgan fingerprint density at radius 1 is 1.41 bits per heavy atom. The lowest BCUT2D eigenvalue weighted by Crippen LogP contribution is -1.94. The van der Waals surface area contributed by atoms with Crippen LogP contribution in [-0.2, 0) is 14.8 Å². The van der Waals surface area contributed by atoms with E-state index < -0.39 is 9.05 Å². The normalized spacial score (nSPS) is 16.5. The molecule has 0 N–H and O–H groups in total. The Hall–Kier alpha value is -0.650. The Labute approximate surface area is 108 Å². The molecule has 0 bridgehead atoms. The van der Waals surface area contributed by atoms with Crippen LogP contribution in [0.1, 0.15) is 29.3 Å². The lowest BCUT2D eigenvalue weighted by molar-refractivity contribution is 0.609. The topological polar surface area (TPSA) is 47.0 Å². The number of halogens is 1. The van der Waals surface area contributed by atoms with E-state index in [-0.39, 0.29) is 5.75 Å². The zero-order valence-electron chi connectivity index (χ0n) is 8.89. The average molecular weight is 288 g/mol. The molecule has 0 aliphatic heterocycles. The molecule has 0 spiro atoms. The minimum Gasteiger partial charge on any atom is -0.241 e. The zero-order chi connectivity index (χ0) is 12.0. The van der Waals surface area contributed by atoms with E-state index in [9.17, 15) is 8.42 Å². The molecule has 1 aromatic carbocycles. The van der Waals surface area contributed by atoms with Gasteiger partial charge in [0.2, 0.25) is 9.05 Å². The molecule has 1 fully saturated rings. The Morgan fingerprint density at radius 3 is 2.82 bits per heavy atom. The summed E-state index contributed by atoms with van der Waals surface area (Å²) in [7, 11) is 1.76. The van der Waals surface area contributed by atoms with Crippen LogP contribution in [0.15, 0.2) is 18.2 Å². The van der Waals surface area contributed by atoms with Gasteiger partial charge in [-0.25, -0.2) is 13.4 Å². The number of benzene rings is 1. The highest BCUT2D eigenvalue weighted by Crippen LogP contribution is 2.43. The molecule has 0 atom stereocenters. The Balaban J connectivity index is 2.00. The summed E-state index contributed by atoms with van der Waals surface area (Å²) in [6.45, 7) is 0. The van der Waals surface area contributed by atoms with Crippen molar-refractivity contribution in [3.05, 3.63) is 28.8 Å². The summed E-state index contributed by atoms with van der Waals surface area (Å²) in [6.07, 6.45) is 2.45. The van der Waals surface area contributed by atoms with Crippen LogP contribution in [0.4, 0.5) is 0 Å². The van der Waals surface area contributed by atoms with Gasteiger partial charge in [-0.2, -0.15) is 0 Å². The molecule has 1 saturated carbocycles. The first kappa shape index (κ1) is 11.4. The molecular weight excluding hydrogens is 278 g/mol. The standard InChI is InChI=1S/C11H10ClNO2S2/c12-17(14,15)6-7-1-4-9-10(5-7)16-11(13-9)8-2-3-8/h1,4-5,8H,2-3,6H2. The molecule has 17 heavy (non-hydrogen) atoms. The number of hydrogen-bond donors (Lipinski definition) is 0. The van der Waals surface area contributed by atoms with Gasteiger partial charge in [0, 0.05) is 16.6 Å². The van der Waals surface area contributed by atoms with Gasteiger partial charge in [-0.05, 0) is 30.5 Å². The second-order valence-corrected chi connectivity index (χ2v) is 8.15. The van der Waals surface area contributed by atoms with Crippen LogP contribution in [-0.4, -0.2) is 13.4 Å². The van der Waals surface area contributed by atoms with Gasteiger partial charge in [-0.1, -0.05) is 6.07 Å². The van der Waals surface area contributed by atoms with Crippen molar-refractivity contribution in [2.24, 2.45) is 0 Å². The maximum absolute atomic E-state index is 11.0. The van der Waals surface area contributed by atoms with Crippen molar-refractivity contribution in [3.63, 3.8) is 0 Å². The van der Waals surface area contributed by atoms with E-state index in [0.29, 0.717) is 5.92 Å². The van der Waals surface area contributed by atoms with Gasteiger partial charge in [0.15, 0.2) is 0 Å². The molecule has 0 saturated heterocycles. The van der Waals surface area contributed by atoms with Gasteiger partial charge in [0.05, 0.1) is 21.0 Å². The smallest absolute Gasteiger partial charge is 0.236 e. The van der Waals surface area contributed by atoms with Crippen molar-refractivity contribution in [2.45, 2.75) is 24.5 Å². The van der Waals surface area contributed by atoms with Gasteiger partial charge in [-0.3, -0.25) is 0 Å². The van der Waals surface area contributed by atoms with Crippen LogP contribution >= 0.6 is 22.0 Å². The molecule has 0 radical (unpaired) electrons. The summed E-state index contributed by atoms with van der Waals surface area (Å²) < 4.78 is 23.1. The lowest BCUT2D eigenvalue weighted by Gasteiger charge is -1.96. The summed E-state index contributed by atoms with van der Waals surface area (Å²) in [5.74, 6) is 0.508. The molecule has 1 aromatic heterocycles. The molecule has 2 aromatic rings. The molecule has 0 amide bonds. The number of aromatic nitrogens is 1. The maximum Gasteiger partial charge on any atom is 0.236 e. The lowest BCUT2D eigenvalue weighted by atomic mass is 10.2. The van der Waals surface area contributed by atoms with Gasteiger partial charge < -0.3 is 0 Å². The third kappa shape index (κ3) is 2.61. The number of rotatable bonds is 3. The number of nitrogens with zero attached hydrogens (tertiary/aromatic N) is 1. The Morgan fingerprint density at radius 2 is 2.18 bits per heavy atom. The molecule has 1 aliphatic rings. The quantitative estimate of drug-likeness (QED) is 0.814. The van der Waals surface area contributed by atoms with E-state index in [1.807, 2.05) is 12.1 Å².